The number of hydrogen-bond acceptors (Lipinski definition) is 8. The van der Waals surface area contributed by atoms with Crippen molar-refractivity contribution in [3.63, 3.8) is 0 Å². The average molecular weight is 610 g/mol. The molecule has 0 saturated carbocycles. The highest BCUT2D eigenvalue weighted by Gasteiger charge is 2.28. The third kappa shape index (κ3) is 25.9. The van der Waals surface area contributed by atoms with E-state index >= 15 is 0 Å². The molecule has 0 aromatic carbocycles. The first-order valence-electron chi connectivity index (χ1n) is 15.6. The van der Waals surface area contributed by atoms with Crippen molar-refractivity contribution in [3.8, 4) is 0 Å². The summed E-state index contributed by atoms with van der Waals surface area (Å²) in [5.74, 6) is -2.39. The van der Waals surface area contributed by atoms with E-state index in [1.54, 1.807) is 0 Å². The molecule has 3 atom stereocenters. The molecule has 12 heteroatoms. The van der Waals surface area contributed by atoms with Crippen molar-refractivity contribution in [1.82, 2.24) is 5.32 Å². The van der Waals surface area contributed by atoms with E-state index in [1.165, 1.54) is 57.8 Å². The van der Waals surface area contributed by atoms with Crippen molar-refractivity contribution in [1.29, 1.82) is 0 Å². The molecule has 0 aliphatic carbocycles. The Kier molecular flexibility index (Phi) is 25.2. The van der Waals surface area contributed by atoms with Crippen molar-refractivity contribution in [2.45, 2.75) is 148 Å². The second kappa shape index (κ2) is 26.1. The van der Waals surface area contributed by atoms with Crippen LogP contribution in [0.2, 0.25) is 0 Å². The lowest BCUT2D eigenvalue weighted by molar-refractivity contribution is -0.147. The second-order valence-electron chi connectivity index (χ2n) is 10.7. The predicted octanol–water partition coefficient (Wildman–Crippen LogP) is 6.05. The standard InChI is InChI=1S/C29H56NO10P/c1-3-5-7-9-10-11-12-13-14-15-16-17-18-20-27(32)30-26(29(34)35)24-40-41(36,37)39-23-25(31)22-38-28(33)21-19-8-6-4-2/h25-26,31H,3-24H2,1-2H3,(H,30,32)(H,34,35)(H,36,37). The number of amides is 1. The van der Waals surface area contributed by atoms with Crippen LogP contribution in [0.15, 0.2) is 0 Å². The van der Waals surface area contributed by atoms with Gasteiger partial charge in [-0.2, -0.15) is 0 Å². The minimum Gasteiger partial charge on any atom is -0.480 e. The maximum Gasteiger partial charge on any atom is 0.472 e. The van der Waals surface area contributed by atoms with E-state index in [9.17, 15) is 34.1 Å². The average Bonchev–Trinajstić information content (AvgIpc) is 2.93. The highest BCUT2D eigenvalue weighted by atomic mass is 31.2. The van der Waals surface area contributed by atoms with Crippen LogP contribution in [0.3, 0.4) is 0 Å². The summed E-state index contributed by atoms with van der Waals surface area (Å²) in [5.41, 5.74) is 0. The number of carbonyl (C=O) groups excluding carboxylic acids is 2. The number of carboxylic acids is 1. The van der Waals surface area contributed by atoms with Crippen molar-refractivity contribution in [3.05, 3.63) is 0 Å². The summed E-state index contributed by atoms with van der Waals surface area (Å²) in [6.45, 7) is 2.40. The van der Waals surface area contributed by atoms with Gasteiger partial charge in [0.15, 0.2) is 6.04 Å². The van der Waals surface area contributed by atoms with Crippen LogP contribution in [0.1, 0.15) is 136 Å². The SMILES string of the molecule is CCCCCCCCCCCCCCCC(=O)NC(COP(=O)(O)OCC(O)COC(=O)CCCCCC)C(=O)O. The Balaban J connectivity index is 4.03. The third-order valence-electron chi connectivity index (χ3n) is 6.65. The topological polar surface area (TPSA) is 169 Å². The van der Waals surface area contributed by atoms with Crippen molar-refractivity contribution >= 4 is 25.7 Å². The minimum atomic E-state index is -4.72. The van der Waals surface area contributed by atoms with Gasteiger partial charge in [0.1, 0.15) is 12.7 Å². The number of unbranched alkanes of at least 4 members (excludes halogenated alkanes) is 15. The number of aliphatic hydroxyl groups excluding tert-OH is 1. The molecule has 1 amide bonds. The highest BCUT2D eigenvalue weighted by Crippen LogP contribution is 2.43. The molecule has 0 aromatic rings. The minimum absolute atomic E-state index is 0.151. The summed E-state index contributed by atoms with van der Waals surface area (Å²) in [4.78, 5) is 45.1. The molecule has 4 N–H and O–H groups in total. The van der Waals surface area contributed by atoms with Gasteiger partial charge in [-0.3, -0.25) is 18.6 Å². The number of aliphatic hydroxyl groups is 1. The molecule has 3 unspecified atom stereocenters. The Hall–Kier alpha value is -1.52. The summed E-state index contributed by atoms with van der Waals surface area (Å²) >= 11 is 0. The summed E-state index contributed by atoms with van der Waals surface area (Å²) < 4.78 is 26.3. The molecule has 242 valence electrons. The normalized spacial score (nSPS) is 14.2. The lowest BCUT2D eigenvalue weighted by Crippen LogP contribution is -2.43. The first-order valence-corrected chi connectivity index (χ1v) is 17.1. The van der Waals surface area contributed by atoms with Crippen LogP contribution >= 0.6 is 7.82 Å². The maximum absolute atomic E-state index is 12.2. The molecule has 0 radical (unpaired) electrons. The van der Waals surface area contributed by atoms with Gasteiger partial charge in [0.2, 0.25) is 5.91 Å². The Morgan fingerprint density at radius 2 is 1.12 bits per heavy atom. The Morgan fingerprint density at radius 3 is 1.63 bits per heavy atom. The largest absolute Gasteiger partial charge is 0.480 e. The van der Waals surface area contributed by atoms with Crippen LogP contribution in [0, 0.1) is 0 Å². The van der Waals surface area contributed by atoms with Crippen molar-refractivity contribution < 1.29 is 47.8 Å². The molecule has 0 aliphatic heterocycles. The lowest BCUT2D eigenvalue weighted by atomic mass is 10.0. The van der Waals surface area contributed by atoms with Gasteiger partial charge in [-0.25, -0.2) is 9.36 Å². The third-order valence-corrected chi connectivity index (χ3v) is 7.60. The van der Waals surface area contributed by atoms with Gasteiger partial charge in [-0.05, 0) is 12.8 Å². The molecule has 0 heterocycles. The zero-order valence-electron chi connectivity index (χ0n) is 25.4. The highest BCUT2D eigenvalue weighted by molar-refractivity contribution is 7.47. The van der Waals surface area contributed by atoms with Gasteiger partial charge < -0.3 is 25.2 Å². The molecule has 0 fully saturated rings. The number of phosphoric acid groups is 1. The van der Waals surface area contributed by atoms with Gasteiger partial charge in [-0.1, -0.05) is 110 Å². The van der Waals surface area contributed by atoms with Crippen molar-refractivity contribution in [2.75, 3.05) is 19.8 Å². The van der Waals surface area contributed by atoms with E-state index in [4.69, 9.17) is 9.26 Å². The molecular formula is C29H56NO10P. The Labute approximate surface area is 246 Å². The van der Waals surface area contributed by atoms with Gasteiger partial charge in [0.05, 0.1) is 13.2 Å². The van der Waals surface area contributed by atoms with Gasteiger partial charge >= 0.3 is 19.8 Å². The van der Waals surface area contributed by atoms with Crippen molar-refractivity contribution in [2.24, 2.45) is 0 Å². The molecule has 0 saturated heterocycles. The van der Waals surface area contributed by atoms with Crippen LogP contribution in [0.4, 0.5) is 0 Å². The Bertz CT molecular complexity index is 736. The molecule has 11 nitrogen and oxygen atoms in total. The monoisotopic (exact) mass is 609 g/mol. The number of carboxylic acid groups (broad SMARTS) is 1. The second-order valence-corrected chi connectivity index (χ2v) is 12.1. The summed E-state index contributed by atoms with van der Waals surface area (Å²) in [7, 11) is -4.72. The molecule has 0 aliphatic rings. The smallest absolute Gasteiger partial charge is 0.472 e. The zero-order valence-corrected chi connectivity index (χ0v) is 26.3. The lowest BCUT2D eigenvalue weighted by Gasteiger charge is -2.18. The van der Waals surface area contributed by atoms with Crippen LogP contribution < -0.4 is 5.32 Å². The van der Waals surface area contributed by atoms with Crippen LogP contribution in [-0.4, -0.2) is 64.9 Å². The molecule has 0 rings (SSSR count). The fourth-order valence-electron chi connectivity index (χ4n) is 4.14. The van der Waals surface area contributed by atoms with Gasteiger partial charge in [0.25, 0.3) is 0 Å². The van der Waals surface area contributed by atoms with E-state index in [0.29, 0.717) is 12.8 Å². The first kappa shape index (κ1) is 39.5. The number of hydrogen-bond donors (Lipinski definition) is 4. The molecule has 0 aromatic heterocycles. The molecule has 0 bridgehead atoms. The van der Waals surface area contributed by atoms with E-state index in [2.05, 4.69) is 23.7 Å². The Morgan fingerprint density at radius 1 is 0.683 bits per heavy atom. The molecule has 41 heavy (non-hydrogen) atoms. The molecule has 0 spiro atoms. The summed E-state index contributed by atoms with van der Waals surface area (Å²) in [5, 5.41) is 21.5. The van der Waals surface area contributed by atoms with E-state index in [-0.39, 0.29) is 12.8 Å². The fourth-order valence-corrected chi connectivity index (χ4v) is 4.91. The van der Waals surface area contributed by atoms with E-state index < -0.39 is 57.6 Å². The van der Waals surface area contributed by atoms with E-state index in [1.807, 2.05) is 0 Å². The molecular weight excluding hydrogens is 553 g/mol. The van der Waals surface area contributed by atoms with Crippen LogP contribution in [0.25, 0.3) is 0 Å². The summed E-state index contributed by atoms with van der Waals surface area (Å²) in [6.07, 6.45) is 17.9. The van der Waals surface area contributed by atoms with Gasteiger partial charge in [-0.15, -0.1) is 0 Å². The quantitative estimate of drug-likeness (QED) is 0.0445. The van der Waals surface area contributed by atoms with E-state index in [0.717, 1.165) is 38.5 Å². The number of nitrogens with one attached hydrogen (secondary N) is 1. The maximum atomic E-state index is 12.2. The first-order chi connectivity index (χ1) is 19.6. The number of aliphatic carboxylic acids is 1. The number of phosphoric ester groups is 1. The number of esters is 1. The number of carbonyl (C=O) groups is 3. The number of ether oxygens (including phenoxy) is 1. The fraction of sp³-hybridized carbons (Fsp3) is 0.897. The van der Waals surface area contributed by atoms with Crippen LogP contribution in [0.5, 0.6) is 0 Å². The summed E-state index contributed by atoms with van der Waals surface area (Å²) in [6, 6.07) is -1.54. The zero-order chi connectivity index (χ0) is 30.8. The van der Waals surface area contributed by atoms with Gasteiger partial charge in [0, 0.05) is 12.8 Å². The number of rotatable bonds is 29. The van der Waals surface area contributed by atoms with Crippen LogP contribution in [-0.2, 0) is 32.7 Å². The predicted molar refractivity (Wildman–Crippen MR) is 157 cm³/mol.